The van der Waals surface area contributed by atoms with Gasteiger partial charge in [-0.15, -0.1) is 10.2 Å². The number of thioether (sulfide) groups is 1. The van der Waals surface area contributed by atoms with Crippen molar-refractivity contribution >= 4 is 28.3 Å². The fourth-order valence-electron chi connectivity index (χ4n) is 2.88. The van der Waals surface area contributed by atoms with E-state index in [0.717, 1.165) is 16.6 Å². The van der Waals surface area contributed by atoms with Crippen LogP contribution < -0.4 is 0 Å². The molecule has 0 aliphatic heterocycles. The molecule has 0 spiro atoms. The first kappa shape index (κ1) is 14.3. The second-order valence-corrected chi connectivity index (χ2v) is 6.68. The first-order valence-corrected chi connectivity index (χ1v) is 8.63. The molecule has 0 atom stereocenters. The molecular formula is C19H17N3S. The highest BCUT2D eigenvalue weighted by atomic mass is 32.2. The van der Waals surface area contributed by atoms with Gasteiger partial charge in [-0.2, -0.15) is 0 Å². The van der Waals surface area contributed by atoms with E-state index in [2.05, 4.69) is 83.0 Å². The van der Waals surface area contributed by atoms with Crippen LogP contribution in [0, 0.1) is 13.8 Å². The van der Waals surface area contributed by atoms with E-state index in [9.17, 15) is 0 Å². The van der Waals surface area contributed by atoms with Crippen LogP contribution in [0.2, 0.25) is 0 Å². The predicted molar refractivity (Wildman–Crippen MR) is 96.0 cm³/mol. The maximum Gasteiger partial charge on any atom is 0.196 e. The summed E-state index contributed by atoms with van der Waals surface area (Å²) >= 11 is 1.73. The molecule has 0 aliphatic carbocycles. The van der Waals surface area contributed by atoms with Gasteiger partial charge in [-0.3, -0.25) is 4.40 Å². The van der Waals surface area contributed by atoms with Crippen LogP contribution >= 0.6 is 11.8 Å². The smallest absolute Gasteiger partial charge is 0.196 e. The van der Waals surface area contributed by atoms with Crippen molar-refractivity contribution in [3.05, 3.63) is 71.3 Å². The SMILES string of the molecule is Cc1ccccc1CSc1nnc2cc(C)c3ccccc3n12. The van der Waals surface area contributed by atoms with Crippen LogP contribution in [-0.4, -0.2) is 14.6 Å². The molecule has 4 aromatic rings. The number of rotatable bonds is 3. The van der Waals surface area contributed by atoms with Crippen molar-refractivity contribution in [2.45, 2.75) is 24.8 Å². The third-order valence-corrected chi connectivity index (χ3v) is 5.17. The van der Waals surface area contributed by atoms with Crippen molar-refractivity contribution < 1.29 is 0 Å². The molecule has 2 aromatic carbocycles. The van der Waals surface area contributed by atoms with E-state index in [0.29, 0.717) is 0 Å². The van der Waals surface area contributed by atoms with Crippen molar-refractivity contribution in [3.63, 3.8) is 0 Å². The monoisotopic (exact) mass is 319 g/mol. The zero-order chi connectivity index (χ0) is 15.8. The van der Waals surface area contributed by atoms with Crippen LogP contribution in [0.4, 0.5) is 0 Å². The zero-order valence-electron chi connectivity index (χ0n) is 13.2. The quantitative estimate of drug-likeness (QED) is 0.509. The highest BCUT2D eigenvalue weighted by Gasteiger charge is 2.11. The Morgan fingerprint density at radius 2 is 1.70 bits per heavy atom. The summed E-state index contributed by atoms with van der Waals surface area (Å²) in [6, 6.07) is 19.0. The summed E-state index contributed by atoms with van der Waals surface area (Å²) in [4.78, 5) is 0. The number of para-hydroxylation sites is 1. The van der Waals surface area contributed by atoms with E-state index < -0.39 is 0 Å². The topological polar surface area (TPSA) is 30.2 Å². The highest BCUT2D eigenvalue weighted by molar-refractivity contribution is 7.98. The Hall–Kier alpha value is -2.33. The van der Waals surface area contributed by atoms with Gasteiger partial charge in [0, 0.05) is 11.1 Å². The maximum absolute atomic E-state index is 4.41. The Bertz CT molecular complexity index is 1000. The standard InChI is InChI=1S/C19H17N3S/c1-13-7-3-4-8-15(13)12-23-19-21-20-18-11-14(2)16-9-5-6-10-17(16)22(18)19/h3-11H,12H2,1-2H3. The molecule has 0 saturated carbocycles. The Kier molecular flexibility index (Phi) is 3.54. The molecule has 4 rings (SSSR count). The van der Waals surface area contributed by atoms with Gasteiger partial charge < -0.3 is 0 Å². The minimum atomic E-state index is 0.898. The molecule has 0 saturated heterocycles. The molecule has 0 N–H and O–H groups in total. The van der Waals surface area contributed by atoms with Gasteiger partial charge in [-0.05, 0) is 42.7 Å². The predicted octanol–water partition coefficient (Wildman–Crippen LogP) is 4.79. The van der Waals surface area contributed by atoms with Gasteiger partial charge in [0.1, 0.15) is 0 Å². The highest BCUT2D eigenvalue weighted by Crippen LogP contribution is 2.28. The Morgan fingerprint density at radius 1 is 0.913 bits per heavy atom. The number of pyridine rings is 1. The second kappa shape index (κ2) is 5.70. The summed E-state index contributed by atoms with van der Waals surface area (Å²) in [6.07, 6.45) is 0. The van der Waals surface area contributed by atoms with Crippen molar-refractivity contribution in [1.82, 2.24) is 14.6 Å². The number of benzene rings is 2. The molecular weight excluding hydrogens is 302 g/mol. The molecule has 0 radical (unpaired) electrons. The van der Waals surface area contributed by atoms with Gasteiger partial charge in [0.15, 0.2) is 10.8 Å². The molecule has 0 aliphatic rings. The average molecular weight is 319 g/mol. The van der Waals surface area contributed by atoms with Crippen LogP contribution in [-0.2, 0) is 5.75 Å². The van der Waals surface area contributed by atoms with Crippen LogP contribution in [0.5, 0.6) is 0 Å². The van der Waals surface area contributed by atoms with Crippen LogP contribution in [0.3, 0.4) is 0 Å². The van der Waals surface area contributed by atoms with Gasteiger partial charge in [0.05, 0.1) is 5.52 Å². The average Bonchev–Trinajstić information content (AvgIpc) is 2.97. The number of nitrogens with zero attached hydrogens (tertiary/aromatic N) is 3. The van der Waals surface area contributed by atoms with E-state index in [1.54, 1.807) is 11.8 Å². The number of hydrogen-bond acceptors (Lipinski definition) is 3. The zero-order valence-corrected chi connectivity index (χ0v) is 14.0. The number of hydrogen-bond donors (Lipinski definition) is 0. The lowest BCUT2D eigenvalue weighted by Gasteiger charge is -2.08. The minimum Gasteiger partial charge on any atom is -0.270 e. The third kappa shape index (κ3) is 2.49. The molecule has 4 heteroatoms. The molecule has 23 heavy (non-hydrogen) atoms. The summed E-state index contributed by atoms with van der Waals surface area (Å²) in [5.41, 5.74) is 5.96. The van der Waals surface area contributed by atoms with Crippen LogP contribution in [0.1, 0.15) is 16.7 Å². The molecule has 0 bridgehead atoms. The number of aromatic nitrogens is 3. The summed E-state index contributed by atoms with van der Waals surface area (Å²) in [5.74, 6) is 0.898. The van der Waals surface area contributed by atoms with Crippen LogP contribution in [0.15, 0.2) is 59.8 Å². The van der Waals surface area contributed by atoms with Crippen molar-refractivity contribution in [1.29, 1.82) is 0 Å². The molecule has 2 heterocycles. The van der Waals surface area contributed by atoms with Gasteiger partial charge >= 0.3 is 0 Å². The molecule has 0 unspecified atom stereocenters. The van der Waals surface area contributed by atoms with E-state index in [1.807, 2.05) is 0 Å². The summed E-state index contributed by atoms with van der Waals surface area (Å²) in [5, 5.41) is 11.0. The lowest BCUT2D eigenvalue weighted by molar-refractivity contribution is 0.939. The normalized spacial score (nSPS) is 11.4. The van der Waals surface area contributed by atoms with Gasteiger partial charge in [0.2, 0.25) is 0 Å². The van der Waals surface area contributed by atoms with Crippen molar-refractivity contribution in [2.24, 2.45) is 0 Å². The number of aryl methyl sites for hydroxylation is 2. The first-order chi connectivity index (χ1) is 11.2. The van der Waals surface area contributed by atoms with Crippen molar-refractivity contribution in [3.8, 4) is 0 Å². The fourth-order valence-corrected chi connectivity index (χ4v) is 3.91. The summed E-state index contributed by atoms with van der Waals surface area (Å²) < 4.78 is 2.16. The lowest BCUT2D eigenvalue weighted by atomic mass is 10.1. The number of fused-ring (bicyclic) bond motifs is 3. The molecule has 0 amide bonds. The largest absolute Gasteiger partial charge is 0.270 e. The van der Waals surface area contributed by atoms with E-state index >= 15 is 0 Å². The van der Waals surface area contributed by atoms with Gasteiger partial charge in [-0.25, -0.2) is 0 Å². The third-order valence-electron chi connectivity index (χ3n) is 4.19. The first-order valence-electron chi connectivity index (χ1n) is 7.65. The summed E-state index contributed by atoms with van der Waals surface area (Å²) in [7, 11) is 0. The Balaban J connectivity index is 1.79. The van der Waals surface area contributed by atoms with E-state index in [4.69, 9.17) is 0 Å². The maximum atomic E-state index is 4.41. The Labute approximate surface area is 139 Å². The van der Waals surface area contributed by atoms with E-state index in [1.165, 1.54) is 27.6 Å². The minimum absolute atomic E-state index is 0.898. The molecule has 2 aromatic heterocycles. The lowest BCUT2D eigenvalue weighted by Crippen LogP contribution is -1.93. The van der Waals surface area contributed by atoms with Crippen LogP contribution in [0.25, 0.3) is 16.6 Å². The van der Waals surface area contributed by atoms with Gasteiger partial charge in [0.25, 0.3) is 0 Å². The molecule has 114 valence electrons. The summed E-state index contributed by atoms with van der Waals surface area (Å²) in [6.45, 7) is 4.27. The van der Waals surface area contributed by atoms with Gasteiger partial charge in [-0.1, -0.05) is 54.2 Å². The fraction of sp³-hybridized carbons (Fsp3) is 0.158. The van der Waals surface area contributed by atoms with Crippen molar-refractivity contribution in [2.75, 3.05) is 0 Å². The molecule has 0 fully saturated rings. The van der Waals surface area contributed by atoms with E-state index in [-0.39, 0.29) is 0 Å². The second-order valence-electron chi connectivity index (χ2n) is 5.74. The Morgan fingerprint density at radius 3 is 2.57 bits per heavy atom. The molecule has 3 nitrogen and oxygen atoms in total.